The quantitative estimate of drug-likeness (QED) is 0.645. The standard InChI is InChI=1S/C22H23ClN2O4/c1-5-15-7-6-8-17(9-15)25-20(26)12-24-22(27)16-10-18(23)21(19(11-16)28-4)29-13-14(2)3/h1,6-11,14H,12-13H2,2-4H3,(H,24,27)(H,25,26). The van der Waals surface area contributed by atoms with Gasteiger partial charge < -0.3 is 20.1 Å². The number of carbonyl (C=O) groups excluding carboxylic acids is 2. The van der Waals surface area contributed by atoms with Crippen molar-refractivity contribution in [3.63, 3.8) is 0 Å². The number of carbonyl (C=O) groups is 2. The molecule has 29 heavy (non-hydrogen) atoms. The summed E-state index contributed by atoms with van der Waals surface area (Å²) in [5.74, 6) is 2.67. The van der Waals surface area contributed by atoms with Gasteiger partial charge in [0.15, 0.2) is 11.5 Å². The van der Waals surface area contributed by atoms with Gasteiger partial charge in [0.05, 0.1) is 25.3 Å². The molecule has 0 saturated heterocycles. The summed E-state index contributed by atoms with van der Waals surface area (Å²) in [5, 5.41) is 5.48. The minimum atomic E-state index is -0.465. The van der Waals surface area contributed by atoms with E-state index in [4.69, 9.17) is 27.5 Å². The van der Waals surface area contributed by atoms with Crippen LogP contribution < -0.4 is 20.1 Å². The number of halogens is 1. The molecule has 0 aromatic heterocycles. The van der Waals surface area contributed by atoms with E-state index in [2.05, 4.69) is 16.6 Å². The molecular weight excluding hydrogens is 392 g/mol. The van der Waals surface area contributed by atoms with Gasteiger partial charge in [-0.2, -0.15) is 0 Å². The Morgan fingerprint density at radius 3 is 2.66 bits per heavy atom. The van der Waals surface area contributed by atoms with Gasteiger partial charge in [-0.1, -0.05) is 37.4 Å². The first-order chi connectivity index (χ1) is 13.8. The van der Waals surface area contributed by atoms with Crippen molar-refractivity contribution in [2.75, 3.05) is 25.6 Å². The predicted octanol–water partition coefficient (Wildman–Crippen LogP) is 3.73. The Labute approximate surface area is 175 Å². The Morgan fingerprint density at radius 1 is 1.24 bits per heavy atom. The first kappa shape index (κ1) is 22.1. The number of hydrogen-bond acceptors (Lipinski definition) is 4. The van der Waals surface area contributed by atoms with E-state index in [0.717, 1.165) is 0 Å². The second-order valence-electron chi connectivity index (χ2n) is 6.65. The van der Waals surface area contributed by atoms with Gasteiger partial charge in [-0.05, 0) is 36.2 Å². The molecule has 0 aliphatic carbocycles. The molecule has 2 aromatic carbocycles. The molecule has 0 atom stereocenters. The van der Waals surface area contributed by atoms with Crippen LogP contribution in [0.15, 0.2) is 36.4 Å². The average Bonchev–Trinajstić information content (AvgIpc) is 2.70. The van der Waals surface area contributed by atoms with Crippen molar-refractivity contribution in [3.8, 4) is 23.8 Å². The molecule has 0 saturated carbocycles. The predicted molar refractivity (Wildman–Crippen MR) is 114 cm³/mol. The summed E-state index contributed by atoms with van der Waals surface area (Å²) in [6.45, 7) is 4.26. The van der Waals surface area contributed by atoms with E-state index in [1.807, 2.05) is 13.8 Å². The Hall–Kier alpha value is -3.17. The molecule has 7 heteroatoms. The minimum Gasteiger partial charge on any atom is -0.493 e. The molecule has 2 amide bonds. The van der Waals surface area contributed by atoms with Crippen LogP contribution >= 0.6 is 11.6 Å². The zero-order valence-corrected chi connectivity index (χ0v) is 17.3. The van der Waals surface area contributed by atoms with Crippen LogP contribution in [0.2, 0.25) is 5.02 Å². The number of hydrogen-bond donors (Lipinski definition) is 2. The van der Waals surface area contributed by atoms with Crippen molar-refractivity contribution < 1.29 is 19.1 Å². The monoisotopic (exact) mass is 414 g/mol. The maximum Gasteiger partial charge on any atom is 0.251 e. The van der Waals surface area contributed by atoms with Crippen molar-refractivity contribution in [1.29, 1.82) is 0 Å². The highest BCUT2D eigenvalue weighted by Gasteiger charge is 2.17. The first-order valence-corrected chi connectivity index (χ1v) is 9.37. The Morgan fingerprint density at radius 2 is 2.00 bits per heavy atom. The molecule has 0 fully saturated rings. The van der Waals surface area contributed by atoms with Gasteiger partial charge in [0.25, 0.3) is 5.91 Å². The summed E-state index contributed by atoms with van der Waals surface area (Å²) < 4.78 is 11.0. The molecular formula is C22H23ClN2O4. The van der Waals surface area contributed by atoms with Gasteiger partial charge in [-0.15, -0.1) is 6.42 Å². The van der Waals surface area contributed by atoms with Gasteiger partial charge in [0.1, 0.15) is 0 Å². The van der Waals surface area contributed by atoms with Crippen LogP contribution in [-0.2, 0) is 4.79 Å². The largest absolute Gasteiger partial charge is 0.493 e. The van der Waals surface area contributed by atoms with Gasteiger partial charge in [-0.25, -0.2) is 0 Å². The molecule has 2 N–H and O–H groups in total. The van der Waals surface area contributed by atoms with Crippen molar-refractivity contribution in [3.05, 3.63) is 52.5 Å². The Balaban J connectivity index is 2.01. The molecule has 0 radical (unpaired) electrons. The van der Waals surface area contributed by atoms with Crippen LogP contribution in [0.25, 0.3) is 0 Å². The lowest BCUT2D eigenvalue weighted by Crippen LogP contribution is -2.32. The normalized spacial score (nSPS) is 10.2. The number of rotatable bonds is 8. The smallest absolute Gasteiger partial charge is 0.251 e. The second-order valence-corrected chi connectivity index (χ2v) is 7.06. The Kier molecular flexibility index (Phi) is 7.93. The lowest BCUT2D eigenvalue weighted by Gasteiger charge is -2.15. The number of benzene rings is 2. The highest BCUT2D eigenvalue weighted by Crippen LogP contribution is 2.36. The average molecular weight is 415 g/mol. The molecule has 0 unspecified atom stereocenters. The maximum atomic E-state index is 12.4. The Bertz CT molecular complexity index is 935. The van der Waals surface area contributed by atoms with E-state index in [1.54, 1.807) is 24.3 Å². The van der Waals surface area contributed by atoms with E-state index < -0.39 is 5.91 Å². The van der Waals surface area contributed by atoms with E-state index in [9.17, 15) is 9.59 Å². The molecule has 0 bridgehead atoms. The molecule has 0 heterocycles. The third-order valence-electron chi connectivity index (χ3n) is 3.78. The van der Waals surface area contributed by atoms with Crippen molar-refractivity contribution in [2.45, 2.75) is 13.8 Å². The van der Waals surface area contributed by atoms with Crippen LogP contribution in [-0.4, -0.2) is 32.1 Å². The van der Waals surface area contributed by atoms with Crippen LogP contribution in [0.1, 0.15) is 29.8 Å². The zero-order chi connectivity index (χ0) is 21.4. The highest BCUT2D eigenvalue weighted by atomic mass is 35.5. The minimum absolute atomic E-state index is 0.218. The zero-order valence-electron chi connectivity index (χ0n) is 16.5. The van der Waals surface area contributed by atoms with Gasteiger partial charge >= 0.3 is 0 Å². The summed E-state index contributed by atoms with van der Waals surface area (Å²) in [6.07, 6.45) is 5.34. The summed E-state index contributed by atoms with van der Waals surface area (Å²) >= 11 is 6.26. The number of methoxy groups -OCH3 is 1. The van der Waals surface area contributed by atoms with Crippen molar-refractivity contribution in [1.82, 2.24) is 5.32 Å². The molecule has 2 rings (SSSR count). The van der Waals surface area contributed by atoms with Crippen molar-refractivity contribution >= 4 is 29.1 Å². The van der Waals surface area contributed by atoms with E-state index in [-0.39, 0.29) is 23.0 Å². The van der Waals surface area contributed by atoms with Crippen LogP contribution in [0.4, 0.5) is 5.69 Å². The lowest BCUT2D eigenvalue weighted by atomic mass is 10.1. The molecule has 0 aliphatic rings. The summed E-state index contributed by atoms with van der Waals surface area (Å²) in [7, 11) is 1.47. The van der Waals surface area contributed by atoms with Crippen LogP contribution in [0.5, 0.6) is 11.5 Å². The van der Waals surface area contributed by atoms with E-state index in [1.165, 1.54) is 19.2 Å². The van der Waals surface area contributed by atoms with Crippen LogP contribution in [0.3, 0.4) is 0 Å². The van der Waals surface area contributed by atoms with Gasteiger partial charge in [-0.3, -0.25) is 9.59 Å². The fraction of sp³-hybridized carbons (Fsp3) is 0.273. The fourth-order valence-electron chi connectivity index (χ4n) is 2.40. The number of amides is 2. The molecule has 0 spiro atoms. The fourth-order valence-corrected chi connectivity index (χ4v) is 2.66. The number of anilines is 1. The first-order valence-electron chi connectivity index (χ1n) is 8.99. The number of ether oxygens (including phenoxy) is 2. The molecule has 6 nitrogen and oxygen atoms in total. The molecule has 2 aromatic rings. The molecule has 152 valence electrons. The lowest BCUT2D eigenvalue weighted by molar-refractivity contribution is -0.115. The topological polar surface area (TPSA) is 76.7 Å². The number of nitrogens with one attached hydrogen (secondary N) is 2. The second kappa shape index (κ2) is 10.4. The maximum absolute atomic E-state index is 12.4. The molecule has 0 aliphatic heterocycles. The third-order valence-corrected chi connectivity index (χ3v) is 4.06. The number of terminal acetylenes is 1. The SMILES string of the molecule is C#Cc1cccc(NC(=O)CNC(=O)c2cc(Cl)c(OCC(C)C)c(OC)c2)c1. The highest BCUT2D eigenvalue weighted by molar-refractivity contribution is 6.32. The van der Waals surface area contributed by atoms with E-state index in [0.29, 0.717) is 35.3 Å². The van der Waals surface area contributed by atoms with E-state index >= 15 is 0 Å². The summed E-state index contributed by atoms with van der Waals surface area (Å²) in [5.41, 5.74) is 1.45. The van der Waals surface area contributed by atoms with Gasteiger partial charge in [0, 0.05) is 16.8 Å². The summed E-state index contributed by atoms with van der Waals surface area (Å²) in [6, 6.07) is 9.86. The van der Waals surface area contributed by atoms with Crippen LogP contribution in [0, 0.1) is 18.3 Å². The van der Waals surface area contributed by atoms with Gasteiger partial charge in [0.2, 0.25) is 5.91 Å². The summed E-state index contributed by atoms with van der Waals surface area (Å²) in [4.78, 5) is 24.5. The third kappa shape index (κ3) is 6.44. The van der Waals surface area contributed by atoms with Crippen molar-refractivity contribution in [2.24, 2.45) is 5.92 Å².